The molecule has 0 amide bonds. The second-order valence-corrected chi connectivity index (χ2v) is 2.99. The van der Waals surface area contributed by atoms with Gasteiger partial charge in [0.05, 0.1) is 0 Å². The van der Waals surface area contributed by atoms with Gasteiger partial charge in [-0.3, -0.25) is 0 Å². The van der Waals surface area contributed by atoms with Crippen molar-refractivity contribution in [1.82, 2.24) is 0 Å². The van der Waals surface area contributed by atoms with Gasteiger partial charge in [0.2, 0.25) is 0 Å². The van der Waals surface area contributed by atoms with Crippen molar-refractivity contribution in [3.8, 4) is 0 Å². The van der Waals surface area contributed by atoms with Crippen LogP contribution in [0.15, 0.2) is 12.2 Å². The number of rotatable bonds is 3. The number of halogens is 3. The lowest BCUT2D eigenvalue weighted by Crippen LogP contribution is -2.59. The monoisotopic (exact) mass is 210 g/mol. The minimum atomic E-state index is -3.57. The molecule has 1 rings (SSSR count). The number of carbonyl (C=O) groups excluding carboxylic acids is 1. The quantitative estimate of drug-likeness (QED) is 0.522. The molecule has 0 spiro atoms. The van der Waals surface area contributed by atoms with Gasteiger partial charge in [0.1, 0.15) is 6.61 Å². The molecule has 2 atom stereocenters. The second-order valence-electron chi connectivity index (χ2n) is 2.99. The summed E-state index contributed by atoms with van der Waals surface area (Å²) in [5.74, 6) is -4.37. The predicted molar refractivity (Wildman–Crippen MR) is 40.5 cm³/mol. The topological polar surface area (TPSA) is 35.5 Å². The van der Waals surface area contributed by atoms with Crippen molar-refractivity contribution in [2.24, 2.45) is 0 Å². The normalized spacial score (nSPS) is 29.1. The largest absolute Gasteiger partial charge is 0.459 e. The maximum absolute atomic E-state index is 12.5. The summed E-state index contributed by atoms with van der Waals surface area (Å²) in [6, 6.07) is 0. The van der Waals surface area contributed by atoms with Crippen LogP contribution in [0.5, 0.6) is 0 Å². The van der Waals surface area contributed by atoms with Crippen molar-refractivity contribution in [1.29, 1.82) is 0 Å². The Bertz CT molecular complexity index is 265. The van der Waals surface area contributed by atoms with Crippen molar-refractivity contribution >= 4 is 5.97 Å². The molecule has 1 aliphatic heterocycles. The van der Waals surface area contributed by atoms with Crippen LogP contribution in [-0.4, -0.2) is 31.0 Å². The van der Waals surface area contributed by atoms with Crippen molar-refractivity contribution in [3.63, 3.8) is 0 Å². The van der Waals surface area contributed by atoms with Crippen LogP contribution in [0.4, 0.5) is 13.2 Å². The van der Waals surface area contributed by atoms with E-state index in [1.807, 2.05) is 0 Å². The molecular formula is C8H9F3O3. The van der Waals surface area contributed by atoms with Crippen LogP contribution in [0.25, 0.3) is 0 Å². The Morgan fingerprint density at radius 3 is 2.57 bits per heavy atom. The van der Waals surface area contributed by atoms with E-state index in [2.05, 4.69) is 16.1 Å². The van der Waals surface area contributed by atoms with Gasteiger partial charge in [-0.2, -0.15) is 8.78 Å². The van der Waals surface area contributed by atoms with Gasteiger partial charge in [-0.05, 0) is 6.92 Å². The fourth-order valence-corrected chi connectivity index (χ4v) is 0.824. The Hall–Kier alpha value is -1.04. The van der Waals surface area contributed by atoms with Gasteiger partial charge >= 0.3 is 11.9 Å². The predicted octanol–water partition coefficient (Wildman–Crippen LogP) is 1.44. The molecule has 0 radical (unpaired) electrons. The summed E-state index contributed by atoms with van der Waals surface area (Å²) in [6.45, 7) is 3.96. The molecule has 0 aromatic carbocycles. The first-order chi connectivity index (χ1) is 6.35. The van der Waals surface area contributed by atoms with E-state index in [0.717, 1.165) is 0 Å². The molecule has 0 aromatic heterocycles. The number of esters is 1. The molecular weight excluding hydrogens is 201 g/mol. The number of hydrogen-bond donors (Lipinski definition) is 0. The summed E-state index contributed by atoms with van der Waals surface area (Å²) in [6.07, 6.45) is -4.29. The Morgan fingerprint density at radius 1 is 1.64 bits per heavy atom. The average Bonchev–Trinajstić information content (AvgIpc) is 2.11. The first-order valence-electron chi connectivity index (χ1n) is 3.85. The standard InChI is InChI=1S/C8H9F3O3/c1-4(2)6(12)13-3-5-8(10,11)7(9)14-5/h5,7H,1,3H2,2H3. The molecule has 1 heterocycles. The average molecular weight is 210 g/mol. The molecule has 1 aliphatic rings. The molecule has 0 bridgehead atoms. The van der Waals surface area contributed by atoms with Gasteiger partial charge in [-0.15, -0.1) is 0 Å². The third kappa shape index (κ3) is 1.89. The minimum Gasteiger partial charge on any atom is -0.459 e. The number of ether oxygens (including phenoxy) is 2. The highest BCUT2D eigenvalue weighted by Gasteiger charge is 2.61. The highest BCUT2D eigenvalue weighted by Crippen LogP contribution is 2.39. The van der Waals surface area contributed by atoms with E-state index in [1.165, 1.54) is 6.92 Å². The third-order valence-corrected chi connectivity index (χ3v) is 1.73. The van der Waals surface area contributed by atoms with Crippen LogP contribution in [0, 0.1) is 0 Å². The van der Waals surface area contributed by atoms with Gasteiger partial charge < -0.3 is 9.47 Å². The lowest BCUT2D eigenvalue weighted by Gasteiger charge is -2.38. The van der Waals surface area contributed by atoms with E-state index in [4.69, 9.17) is 0 Å². The molecule has 1 fully saturated rings. The van der Waals surface area contributed by atoms with E-state index in [1.54, 1.807) is 0 Å². The van der Waals surface area contributed by atoms with Gasteiger partial charge in [-0.1, -0.05) is 6.58 Å². The number of alkyl halides is 3. The molecule has 0 saturated carbocycles. The Balaban J connectivity index is 2.34. The van der Waals surface area contributed by atoms with E-state index in [0.29, 0.717) is 0 Å². The van der Waals surface area contributed by atoms with E-state index in [9.17, 15) is 18.0 Å². The second kappa shape index (κ2) is 3.61. The van der Waals surface area contributed by atoms with Gasteiger partial charge in [0, 0.05) is 5.57 Å². The van der Waals surface area contributed by atoms with Crippen molar-refractivity contribution in [2.45, 2.75) is 25.3 Å². The maximum atomic E-state index is 12.5. The molecule has 0 aromatic rings. The zero-order valence-electron chi connectivity index (χ0n) is 7.43. The van der Waals surface area contributed by atoms with Gasteiger partial charge in [-0.25, -0.2) is 9.18 Å². The van der Waals surface area contributed by atoms with E-state index in [-0.39, 0.29) is 5.57 Å². The number of carbonyl (C=O) groups is 1. The van der Waals surface area contributed by atoms with Crippen molar-refractivity contribution < 1.29 is 27.4 Å². The molecule has 0 N–H and O–H groups in total. The molecule has 1 saturated heterocycles. The zero-order chi connectivity index (χ0) is 10.9. The van der Waals surface area contributed by atoms with E-state index < -0.39 is 31.0 Å². The van der Waals surface area contributed by atoms with Gasteiger partial charge in [0.15, 0.2) is 6.10 Å². The lowest BCUT2D eigenvalue weighted by molar-refractivity contribution is -0.364. The summed E-state index contributed by atoms with van der Waals surface area (Å²) in [5.41, 5.74) is 0.0874. The maximum Gasteiger partial charge on any atom is 0.333 e. The first kappa shape index (κ1) is 11.0. The van der Waals surface area contributed by atoms with Crippen LogP contribution in [-0.2, 0) is 14.3 Å². The number of hydrogen-bond acceptors (Lipinski definition) is 3. The summed E-state index contributed by atoms with van der Waals surface area (Å²) in [4.78, 5) is 10.8. The van der Waals surface area contributed by atoms with Crippen LogP contribution < -0.4 is 0 Å². The molecule has 80 valence electrons. The molecule has 2 unspecified atom stereocenters. The third-order valence-electron chi connectivity index (χ3n) is 1.73. The summed E-state index contributed by atoms with van der Waals surface area (Å²) < 4.78 is 45.6. The Morgan fingerprint density at radius 2 is 2.21 bits per heavy atom. The van der Waals surface area contributed by atoms with Crippen LogP contribution in [0.1, 0.15) is 6.92 Å². The molecule has 14 heavy (non-hydrogen) atoms. The fourth-order valence-electron chi connectivity index (χ4n) is 0.824. The van der Waals surface area contributed by atoms with E-state index >= 15 is 0 Å². The highest BCUT2D eigenvalue weighted by molar-refractivity contribution is 5.86. The lowest BCUT2D eigenvalue weighted by atomic mass is 10.1. The summed E-state index contributed by atoms with van der Waals surface area (Å²) in [7, 11) is 0. The first-order valence-corrected chi connectivity index (χ1v) is 3.85. The fraction of sp³-hybridized carbons (Fsp3) is 0.625. The van der Waals surface area contributed by atoms with Crippen molar-refractivity contribution in [3.05, 3.63) is 12.2 Å². The summed E-state index contributed by atoms with van der Waals surface area (Å²) >= 11 is 0. The highest BCUT2D eigenvalue weighted by atomic mass is 19.3. The SMILES string of the molecule is C=C(C)C(=O)OCC1OC(F)C1(F)F. The molecule has 3 nitrogen and oxygen atoms in total. The zero-order valence-corrected chi connectivity index (χ0v) is 7.43. The van der Waals surface area contributed by atoms with Crippen LogP contribution in [0.3, 0.4) is 0 Å². The van der Waals surface area contributed by atoms with Crippen LogP contribution in [0.2, 0.25) is 0 Å². The molecule has 6 heteroatoms. The van der Waals surface area contributed by atoms with Crippen molar-refractivity contribution in [2.75, 3.05) is 6.61 Å². The van der Waals surface area contributed by atoms with Crippen LogP contribution >= 0.6 is 0 Å². The Labute approximate surface area is 78.5 Å². The molecule has 0 aliphatic carbocycles. The minimum absolute atomic E-state index is 0.0874. The summed E-state index contributed by atoms with van der Waals surface area (Å²) in [5, 5.41) is 0. The Kier molecular flexibility index (Phi) is 2.84. The smallest absolute Gasteiger partial charge is 0.333 e. The van der Waals surface area contributed by atoms with Gasteiger partial charge in [0.25, 0.3) is 6.36 Å².